The van der Waals surface area contributed by atoms with Gasteiger partial charge in [-0.15, -0.1) is 0 Å². The van der Waals surface area contributed by atoms with Gasteiger partial charge in [-0.1, -0.05) is 30.5 Å². The molecule has 1 saturated carbocycles. The Morgan fingerprint density at radius 1 is 1.10 bits per heavy atom. The molecule has 9 heteroatoms. The molecule has 0 bridgehead atoms. The number of hydrogen-bond acceptors (Lipinski definition) is 6. The Morgan fingerprint density at radius 3 is 2.42 bits per heavy atom. The Labute approximate surface area is 186 Å². The van der Waals surface area contributed by atoms with E-state index in [9.17, 15) is 18.0 Å². The summed E-state index contributed by atoms with van der Waals surface area (Å²) in [5.74, 6) is -0.731. The van der Waals surface area contributed by atoms with E-state index >= 15 is 0 Å². The van der Waals surface area contributed by atoms with Crippen LogP contribution in [0, 0.1) is 0 Å². The third-order valence-electron chi connectivity index (χ3n) is 5.22. The molecule has 0 heterocycles. The maximum absolute atomic E-state index is 13.4. The molecule has 3 rings (SSSR count). The summed E-state index contributed by atoms with van der Waals surface area (Å²) in [7, 11) is -3.94. The van der Waals surface area contributed by atoms with Gasteiger partial charge in [-0.3, -0.25) is 4.79 Å². The Bertz CT molecular complexity index is 1050. The molecule has 1 fully saturated rings. The van der Waals surface area contributed by atoms with Gasteiger partial charge in [0.05, 0.1) is 11.5 Å². The monoisotopic (exact) mass is 465 g/mol. The largest absolute Gasteiger partial charge is 0.482 e. The molecular weight excluding hydrogens is 442 g/mol. The van der Waals surface area contributed by atoms with Crippen molar-refractivity contribution in [2.45, 2.75) is 42.2 Å². The molecule has 1 aliphatic carbocycles. The standard InChI is InChI=1S/C22H24ClNO6S/c1-2-29-20(25)15-30-18-7-5-6-17(14-18)24-21(26)22(12-3-4-13-22)31(27,28)19-10-8-16(23)9-11-19/h5-11,14H,2-4,12-13,15H2,1H3,(H,24,26). The lowest BCUT2D eigenvalue weighted by molar-refractivity contribution is -0.145. The third kappa shape index (κ3) is 5.02. The van der Waals surface area contributed by atoms with Crippen molar-refractivity contribution in [3.8, 4) is 5.75 Å². The van der Waals surface area contributed by atoms with Crippen LogP contribution < -0.4 is 10.1 Å². The van der Waals surface area contributed by atoms with Crippen LogP contribution in [0.25, 0.3) is 0 Å². The maximum atomic E-state index is 13.4. The number of amides is 1. The molecule has 0 atom stereocenters. The number of nitrogens with one attached hydrogen (secondary N) is 1. The second kappa shape index (κ2) is 9.70. The van der Waals surface area contributed by atoms with Gasteiger partial charge in [-0.05, 0) is 56.2 Å². The third-order valence-corrected chi connectivity index (χ3v) is 7.98. The van der Waals surface area contributed by atoms with Crippen LogP contribution in [-0.4, -0.2) is 38.3 Å². The molecule has 2 aromatic rings. The highest BCUT2D eigenvalue weighted by atomic mass is 35.5. The molecule has 7 nitrogen and oxygen atoms in total. The van der Waals surface area contributed by atoms with Gasteiger partial charge in [-0.2, -0.15) is 0 Å². The summed E-state index contributed by atoms with van der Waals surface area (Å²) in [6.45, 7) is 1.69. The van der Waals surface area contributed by atoms with E-state index in [0.29, 0.717) is 29.3 Å². The number of benzene rings is 2. The summed E-state index contributed by atoms with van der Waals surface area (Å²) in [4.78, 5) is 24.8. The zero-order chi connectivity index (χ0) is 22.5. The van der Waals surface area contributed by atoms with Crippen molar-refractivity contribution in [1.29, 1.82) is 0 Å². The first kappa shape index (κ1) is 23.1. The first-order chi connectivity index (χ1) is 14.8. The van der Waals surface area contributed by atoms with Gasteiger partial charge in [-0.25, -0.2) is 13.2 Å². The van der Waals surface area contributed by atoms with Crippen LogP contribution in [0.3, 0.4) is 0 Å². The zero-order valence-corrected chi connectivity index (χ0v) is 18.7. The number of esters is 1. The average molecular weight is 466 g/mol. The van der Waals surface area contributed by atoms with Crippen molar-refractivity contribution in [1.82, 2.24) is 0 Å². The van der Waals surface area contributed by atoms with Crippen LogP contribution in [0.15, 0.2) is 53.4 Å². The van der Waals surface area contributed by atoms with Crippen LogP contribution in [0.1, 0.15) is 32.6 Å². The van der Waals surface area contributed by atoms with Crippen molar-refractivity contribution < 1.29 is 27.5 Å². The predicted octanol–water partition coefficient (Wildman–Crippen LogP) is 4.01. The highest BCUT2D eigenvalue weighted by Gasteiger charge is 2.52. The van der Waals surface area contributed by atoms with Crippen LogP contribution in [0.2, 0.25) is 5.02 Å². The van der Waals surface area contributed by atoms with Gasteiger partial charge in [0.15, 0.2) is 21.2 Å². The maximum Gasteiger partial charge on any atom is 0.344 e. The fraction of sp³-hybridized carbons (Fsp3) is 0.364. The number of sulfone groups is 1. The van der Waals surface area contributed by atoms with Gasteiger partial charge >= 0.3 is 5.97 Å². The molecule has 2 aromatic carbocycles. The van der Waals surface area contributed by atoms with Crippen molar-refractivity contribution >= 4 is 39.0 Å². The second-order valence-electron chi connectivity index (χ2n) is 7.23. The molecule has 0 spiro atoms. The molecular formula is C22H24ClNO6S. The minimum Gasteiger partial charge on any atom is -0.482 e. The number of carbonyl (C=O) groups excluding carboxylic acids is 2. The van der Waals surface area contributed by atoms with Crippen LogP contribution >= 0.6 is 11.6 Å². The average Bonchev–Trinajstić information content (AvgIpc) is 3.25. The smallest absolute Gasteiger partial charge is 0.344 e. The Kier molecular flexibility index (Phi) is 7.23. The molecule has 0 aliphatic heterocycles. The first-order valence-corrected chi connectivity index (χ1v) is 11.8. The summed E-state index contributed by atoms with van der Waals surface area (Å²) in [6, 6.07) is 12.3. The molecule has 31 heavy (non-hydrogen) atoms. The van der Waals surface area contributed by atoms with Crippen molar-refractivity contribution in [2.75, 3.05) is 18.5 Å². The normalized spacial score (nSPS) is 15.3. The minimum absolute atomic E-state index is 0.0699. The van der Waals surface area contributed by atoms with Crippen LogP contribution in [0.4, 0.5) is 5.69 Å². The first-order valence-electron chi connectivity index (χ1n) is 9.98. The number of rotatable bonds is 8. The summed E-state index contributed by atoms with van der Waals surface area (Å²) < 4.78 is 35.5. The fourth-order valence-electron chi connectivity index (χ4n) is 3.66. The summed E-state index contributed by atoms with van der Waals surface area (Å²) in [5.41, 5.74) is 0.379. The Hall–Kier alpha value is -2.58. The molecule has 166 valence electrons. The molecule has 1 aliphatic rings. The van der Waals surface area contributed by atoms with Crippen molar-refractivity contribution in [3.63, 3.8) is 0 Å². The van der Waals surface area contributed by atoms with E-state index in [4.69, 9.17) is 21.1 Å². The number of hydrogen-bond donors (Lipinski definition) is 1. The summed E-state index contributed by atoms with van der Waals surface area (Å²) in [5, 5.41) is 3.14. The van der Waals surface area contributed by atoms with E-state index in [0.717, 1.165) is 0 Å². The molecule has 1 N–H and O–H groups in total. The molecule has 0 saturated heterocycles. The minimum atomic E-state index is -3.94. The SMILES string of the molecule is CCOC(=O)COc1cccc(NC(=O)C2(S(=O)(=O)c3ccc(Cl)cc3)CCCC2)c1. The lowest BCUT2D eigenvalue weighted by Crippen LogP contribution is -2.47. The van der Waals surface area contributed by atoms with Gasteiger partial charge in [0.2, 0.25) is 5.91 Å². The van der Waals surface area contributed by atoms with Gasteiger partial charge in [0.25, 0.3) is 0 Å². The van der Waals surface area contributed by atoms with Gasteiger partial charge in [0.1, 0.15) is 5.75 Å². The quantitative estimate of drug-likeness (QED) is 0.591. The van der Waals surface area contributed by atoms with Crippen molar-refractivity contribution in [2.24, 2.45) is 0 Å². The van der Waals surface area contributed by atoms with E-state index < -0.39 is 26.5 Å². The fourth-order valence-corrected chi connectivity index (χ4v) is 5.85. The molecule has 0 aromatic heterocycles. The Morgan fingerprint density at radius 2 is 1.77 bits per heavy atom. The zero-order valence-electron chi connectivity index (χ0n) is 17.1. The number of halogens is 1. The second-order valence-corrected chi connectivity index (χ2v) is 9.93. The van der Waals surface area contributed by atoms with E-state index in [1.807, 2.05) is 0 Å². The summed E-state index contributed by atoms with van der Waals surface area (Å²) >= 11 is 5.89. The van der Waals surface area contributed by atoms with Crippen LogP contribution in [0.5, 0.6) is 5.75 Å². The van der Waals surface area contributed by atoms with E-state index in [-0.39, 0.29) is 31.0 Å². The molecule has 1 amide bonds. The number of anilines is 1. The Balaban J connectivity index is 1.81. The van der Waals surface area contributed by atoms with Gasteiger partial charge < -0.3 is 14.8 Å². The molecule has 0 unspecified atom stereocenters. The molecule has 0 radical (unpaired) electrons. The van der Waals surface area contributed by atoms with Crippen molar-refractivity contribution in [3.05, 3.63) is 53.6 Å². The highest BCUT2D eigenvalue weighted by Crippen LogP contribution is 2.41. The number of carbonyl (C=O) groups is 2. The van der Waals surface area contributed by atoms with E-state index in [1.54, 1.807) is 25.1 Å². The topological polar surface area (TPSA) is 98.8 Å². The lowest BCUT2D eigenvalue weighted by atomic mass is 10.1. The van der Waals surface area contributed by atoms with E-state index in [2.05, 4.69) is 5.32 Å². The predicted molar refractivity (Wildman–Crippen MR) is 117 cm³/mol. The van der Waals surface area contributed by atoms with E-state index in [1.165, 1.54) is 30.3 Å². The highest BCUT2D eigenvalue weighted by molar-refractivity contribution is 7.93. The number of ether oxygens (including phenoxy) is 2. The van der Waals surface area contributed by atoms with Gasteiger partial charge in [0, 0.05) is 16.8 Å². The van der Waals surface area contributed by atoms with Crippen LogP contribution in [-0.2, 0) is 24.2 Å². The summed E-state index contributed by atoms with van der Waals surface area (Å²) in [6.07, 6.45) is 1.76. The lowest BCUT2D eigenvalue weighted by Gasteiger charge is -2.27.